The topological polar surface area (TPSA) is 77.0 Å². The van der Waals surface area contributed by atoms with E-state index in [1.54, 1.807) is 66.7 Å². The van der Waals surface area contributed by atoms with E-state index in [1.165, 1.54) is 6.21 Å². The van der Waals surface area contributed by atoms with E-state index in [-0.39, 0.29) is 12.3 Å². The van der Waals surface area contributed by atoms with Crippen LogP contribution in [0.2, 0.25) is 10.0 Å². The lowest BCUT2D eigenvalue weighted by atomic mass is 10.2. The number of rotatable bonds is 9. The molecule has 0 fully saturated rings. The smallest absolute Gasteiger partial charge is 0.343 e. The van der Waals surface area contributed by atoms with Gasteiger partial charge in [0.25, 0.3) is 0 Å². The molecule has 8 heteroatoms. The van der Waals surface area contributed by atoms with Gasteiger partial charge in [0.15, 0.2) is 0 Å². The van der Waals surface area contributed by atoms with Crippen LogP contribution in [0, 0.1) is 0 Å². The summed E-state index contributed by atoms with van der Waals surface area (Å²) in [7, 11) is 0. The highest BCUT2D eigenvalue weighted by Crippen LogP contribution is 2.27. The first-order valence-electron chi connectivity index (χ1n) is 9.78. The van der Waals surface area contributed by atoms with E-state index < -0.39 is 5.97 Å². The van der Waals surface area contributed by atoms with Gasteiger partial charge in [0, 0.05) is 11.4 Å². The fourth-order valence-electron chi connectivity index (χ4n) is 2.60. The maximum atomic E-state index is 12.0. The van der Waals surface area contributed by atoms with Crippen molar-refractivity contribution in [2.75, 3.05) is 6.61 Å². The molecular formula is C24H20Cl2N2O4. The normalized spacial score (nSPS) is 10.7. The van der Waals surface area contributed by atoms with Crippen LogP contribution in [0.1, 0.15) is 28.8 Å². The van der Waals surface area contributed by atoms with Crippen LogP contribution in [0.5, 0.6) is 11.5 Å². The summed E-state index contributed by atoms with van der Waals surface area (Å²) in [5.74, 6) is 0.273. The van der Waals surface area contributed by atoms with Gasteiger partial charge in [0.2, 0.25) is 5.91 Å². The number of hydrogen-bond donors (Lipinski definition) is 1. The minimum Gasteiger partial charge on any atom is -0.492 e. The van der Waals surface area contributed by atoms with Crippen LogP contribution in [0.3, 0.4) is 0 Å². The van der Waals surface area contributed by atoms with Gasteiger partial charge in [0.1, 0.15) is 11.5 Å². The Kier molecular flexibility index (Phi) is 8.66. The van der Waals surface area contributed by atoms with Crippen molar-refractivity contribution in [2.24, 2.45) is 5.10 Å². The van der Waals surface area contributed by atoms with E-state index in [0.29, 0.717) is 40.1 Å². The Morgan fingerprint density at radius 2 is 1.72 bits per heavy atom. The average Bonchev–Trinajstić information content (AvgIpc) is 2.79. The van der Waals surface area contributed by atoms with E-state index in [2.05, 4.69) is 10.5 Å². The fraction of sp³-hybridized carbons (Fsp3) is 0.125. The second-order valence-electron chi connectivity index (χ2n) is 6.64. The van der Waals surface area contributed by atoms with Crippen molar-refractivity contribution < 1.29 is 19.1 Å². The Labute approximate surface area is 195 Å². The van der Waals surface area contributed by atoms with Gasteiger partial charge in [-0.05, 0) is 66.6 Å². The third-order valence-corrected chi connectivity index (χ3v) is 4.73. The molecule has 0 aromatic heterocycles. The third kappa shape index (κ3) is 7.41. The summed E-state index contributed by atoms with van der Waals surface area (Å²) in [6.07, 6.45) is 2.25. The maximum absolute atomic E-state index is 12.0. The van der Waals surface area contributed by atoms with Crippen LogP contribution in [-0.2, 0) is 4.79 Å². The number of esters is 1. The first-order valence-corrected chi connectivity index (χ1v) is 10.5. The van der Waals surface area contributed by atoms with Crippen LogP contribution in [0.25, 0.3) is 0 Å². The lowest BCUT2D eigenvalue weighted by Crippen LogP contribution is -2.18. The Hall–Kier alpha value is -3.35. The number of amides is 1. The number of carbonyl (C=O) groups excluding carboxylic acids is 2. The molecule has 6 nitrogen and oxygen atoms in total. The van der Waals surface area contributed by atoms with E-state index in [9.17, 15) is 9.59 Å². The number of nitrogens with zero attached hydrogens (tertiary/aromatic N) is 1. The molecule has 1 amide bonds. The second-order valence-corrected chi connectivity index (χ2v) is 7.49. The minimum absolute atomic E-state index is 0.236. The van der Waals surface area contributed by atoms with Gasteiger partial charge in [-0.1, -0.05) is 41.4 Å². The molecule has 164 valence electrons. The number of hydrogen-bond acceptors (Lipinski definition) is 5. The second kappa shape index (κ2) is 11.9. The van der Waals surface area contributed by atoms with Crippen LogP contribution in [0.15, 0.2) is 77.9 Å². The molecule has 3 aromatic rings. The molecule has 0 heterocycles. The van der Waals surface area contributed by atoms with Gasteiger partial charge in [-0.25, -0.2) is 10.2 Å². The number of ether oxygens (including phenoxy) is 2. The zero-order chi connectivity index (χ0) is 22.8. The number of benzene rings is 3. The fourth-order valence-corrected chi connectivity index (χ4v) is 3.07. The van der Waals surface area contributed by atoms with Crippen LogP contribution in [-0.4, -0.2) is 24.7 Å². The Bertz CT molecular complexity index is 1090. The largest absolute Gasteiger partial charge is 0.492 e. The number of hydrazone groups is 1. The molecule has 3 aromatic carbocycles. The SMILES string of the molecule is O=C(CCCOc1ccc(Cl)cc1Cl)NN=Cc1ccc(OC(=O)c2ccccc2)cc1. The van der Waals surface area contributed by atoms with Crippen LogP contribution >= 0.6 is 23.2 Å². The van der Waals surface area contributed by atoms with Crippen molar-refractivity contribution in [3.63, 3.8) is 0 Å². The molecule has 0 aliphatic heterocycles. The van der Waals surface area contributed by atoms with Crippen LogP contribution in [0.4, 0.5) is 0 Å². The van der Waals surface area contributed by atoms with Crippen molar-refractivity contribution in [1.29, 1.82) is 0 Å². The third-order valence-electron chi connectivity index (χ3n) is 4.20. The van der Waals surface area contributed by atoms with Gasteiger partial charge in [0.05, 0.1) is 23.4 Å². The van der Waals surface area contributed by atoms with E-state index in [1.807, 2.05) is 6.07 Å². The molecule has 1 N–H and O–H groups in total. The van der Waals surface area contributed by atoms with Crippen molar-refractivity contribution in [3.8, 4) is 11.5 Å². The summed E-state index contributed by atoms with van der Waals surface area (Å²) >= 11 is 11.9. The predicted octanol–water partition coefficient (Wildman–Crippen LogP) is 5.52. The summed E-state index contributed by atoms with van der Waals surface area (Å²) in [6.45, 7) is 0.335. The van der Waals surface area contributed by atoms with Gasteiger partial charge >= 0.3 is 5.97 Å². The molecular weight excluding hydrogens is 451 g/mol. The van der Waals surface area contributed by atoms with E-state index in [4.69, 9.17) is 32.7 Å². The number of nitrogens with one attached hydrogen (secondary N) is 1. The molecule has 0 saturated carbocycles. The first kappa shape index (κ1) is 23.3. The standard InChI is InChI=1S/C24H20Cl2N2O4/c25-19-10-13-22(21(26)15-19)31-14-4-7-23(29)28-27-16-17-8-11-20(12-9-17)32-24(30)18-5-2-1-3-6-18/h1-3,5-6,8-13,15-16H,4,7,14H2,(H,28,29). The van der Waals surface area contributed by atoms with Crippen molar-refractivity contribution >= 4 is 41.3 Å². The molecule has 32 heavy (non-hydrogen) atoms. The van der Waals surface area contributed by atoms with E-state index in [0.717, 1.165) is 5.56 Å². The van der Waals surface area contributed by atoms with Gasteiger partial charge in [-0.2, -0.15) is 5.10 Å². The lowest BCUT2D eigenvalue weighted by molar-refractivity contribution is -0.121. The maximum Gasteiger partial charge on any atom is 0.343 e. The quantitative estimate of drug-likeness (QED) is 0.147. The van der Waals surface area contributed by atoms with Gasteiger partial charge in [-0.3, -0.25) is 4.79 Å². The Morgan fingerprint density at radius 1 is 0.969 bits per heavy atom. The zero-order valence-corrected chi connectivity index (χ0v) is 18.5. The molecule has 0 saturated heterocycles. The monoisotopic (exact) mass is 470 g/mol. The zero-order valence-electron chi connectivity index (χ0n) is 17.0. The minimum atomic E-state index is -0.429. The highest BCUT2D eigenvalue weighted by molar-refractivity contribution is 6.35. The predicted molar refractivity (Wildman–Crippen MR) is 125 cm³/mol. The molecule has 3 rings (SSSR count). The molecule has 0 spiro atoms. The summed E-state index contributed by atoms with van der Waals surface area (Å²) in [5.41, 5.74) is 3.68. The van der Waals surface area contributed by atoms with E-state index >= 15 is 0 Å². The highest BCUT2D eigenvalue weighted by atomic mass is 35.5. The summed E-state index contributed by atoms with van der Waals surface area (Å²) in [6, 6.07) is 20.5. The summed E-state index contributed by atoms with van der Waals surface area (Å²) in [4.78, 5) is 23.9. The Balaban J connectivity index is 1.37. The average molecular weight is 471 g/mol. The summed E-state index contributed by atoms with van der Waals surface area (Å²) < 4.78 is 10.9. The van der Waals surface area contributed by atoms with Crippen molar-refractivity contribution in [1.82, 2.24) is 5.43 Å². The number of halogens is 2. The lowest BCUT2D eigenvalue weighted by Gasteiger charge is -2.07. The molecule has 0 radical (unpaired) electrons. The summed E-state index contributed by atoms with van der Waals surface area (Å²) in [5, 5.41) is 4.89. The molecule has 0 bridgehead atoms. The molecule has 0 aliphatic carbocycles. The van der Waals surface area contributed by atoms with Crippen molar-refractivity contribution in [3.05, 3.63) is 94.0 Å². The molecule has 0 atom stereocenters. The van der Waals surface area contributed by atoms with Crippen LogP contribution < -0.4 is 14.9 Å². The molecule has 0 unspecified atom stereocenters. The number of carbonyl (C=O) groups is 2. The Morgan fingerprint density at radius 3 is 2.44 bits per heavy atom. The van der Waals surface area contributed by atoms with Gasteiger partial charge in [-0.15, -0.1) is 0 Å². The van der Waals surface area contributed by atoms with Crippen molar-refractivity contribution in [2.45, 2.75) is 12.8 Å². The highest BCUT2D eigenvalue weighted by Gasteiger charge is 2.07. The van der Waals surface area contributed by atoms with Gasteiger partial charge < -0.3 is 9.47 Å². The first-order chi connectivity index (χ1) is 15.5. The molecule has 0 aliphatic rings.